The van der Waals surface area contributed by atoms with Crippen LogP contribution >= 0.6 is 0 Å². The molecule has 0 radical (unpaired) electrons. The van der Waals surface area contributed by atoms with Gasteiger partial charge in [-0.25, -0.2) is 0 Å². The van der Waals surface area contributed by atoms with Crippen molar-refractivity contribution in [2.75, 3.05) is 0 Å². The van der Waals surface area contributed by atoms with E-state index in [0.717, 1.165) is 18.7 Å². The van der Waals surface area contributed by atoms with Crippen LogP contribution in [0.3, 0.4) is 0 Å². The first-order chi connectivity index (χ1) is 9.39. The largest absolute Gasteiger partial charge is 0.340 e. The van der Waals surface area contributed by atoms with Gasteiger partial charge in [0.05, 0.1) is 0 Å². The Kier molecular flexibility index (Phi) is 3.62. The SMILES string of the molecule is c1ccc(C2(CCc3ncno3)CCCCC2)cc1. The Hall–Kier alpha value is -1.64. The minimum absolute atomic E-state index is 0.313. The molecule has 1 aliphatic rings. The van der Waals surface area contributed by atoms with Crippen molar-refractivity contribution in [3.8, 4) is 0 Å². The topological polar surface area (TPSA) is 38.9 Å². The van der Waals surface area contributed by atoms with Gasteiger partial charge in [-0.2, -0.15) is 4.98 Å². The third kappa shape index (κ3) is 2.70. The third-order valence-electron chi connectivity index (χ3n) is 4.42. The average Bonchev–Trinajstić information content (AvgIpc) is 3.01. The molecule has 3 nitrogen and oxygen atoms in total. The Labute approximate surface area is 114 Å². The second-order valence-electron chi connectivity index (χ2n) is 5.54. The van der Waals surface area contributed by atoms with Crippen molar-refractivity contribution in [1.29, 1.82) is 0 Å². The fraction of sp³-hybridized carbons (Fsp3) is 0.500. The second-order valence-corrected chi connectivity index (χ2v) is 5.54. The molecular weight excluding hydrogens is 236 g/mol. The van der Waals surface area contributed by atoms with E-state index in [1.165, 1.54) is 44.0 Å². The van der Waals surface area contributed by atoms with Crippen LogP contribution in [0.4, 0.5) is 0 Å². The summed E-state index contributed by atoms with van der Waals surface area (Å²) >= 11 is 0. The standard InChI is InChI=1S/C16H20N2O/c1-3-7-14(8-4-1)16(10-5-2-6-11-16)12-9-15-17-13-18-19-15/h1,3-4,7-8,13H,2,5-6,9-12H2. The zero-order valence-corrected chi connectivity index (χ0v) is 11.2. The molecule has 100 valence electrons. The van der Waals surface area contributed by atoms with E-state index in [2.05, 4.69) is 40.5 Å². The van der Waals surface area contributed by atoms with Gasteiger partial charge in [0.2, 0.25) is 5.89 Å². The van der Waals surface area contributed by atoms with E-state index >= 15 is 0 Å². The molecule has 1 aromatic heterocycles. The molecule has 1 saturated carbocycles. The molecule has 1 fully saturated rings. The van der Waals surface area contributed by atoms with E-state index in [9.17, 15) is 0 Å². The van der Waals surface area contributed by atoms with E-state index in [0.29, 0.717) is 5.41 Å². The van der Waals surface area contributed by atoms with Crippen LogP contribution in [-0.4, -0.2) is 10.1 Å². The summed E-state index contributed by atoms with van der Waals surface area (Å²) in [6.07, 6.45) is 10.1. The fourth-order valence-electron chi connectivity index (χ4n) is 3.36. The molecule has 0 aliphatic heterocycles. The van der Waals surface area contributed by atoms with Crippen LogP contribution in [0.1, 0.15) is 50.0 Å². The minimum Gasteiger partial charge on any atom is -0.340 e. The van der Waals surface area contributed by atoms with E-state index in [1.54, 1.807) is 0 Å². The number of hydrogen-bond donors (Lipinski definition) is 0. The molecule has 0 amide bonds. The minimum atomic E-state index is 0.313. The number of rotatable bonds is 4. The maximum absolute atomic E-state index is 5.14. The predicted octanol–water partition coefficient (Wildman–Crippen LogP) is 3.90. The summed E-state index contributed by atoms with van der Waals surface area (Å²) in [7, 11) is 0. The van der Waals surface area contributed by atoms with Crippen molar-refractivity contribution in [1.82, 2.24) is 10.1 Å². The summed E-state index contributed by atoms with van der Waals surface area (Å²) < 4.78 is 5.14. The normalized spacial score (nSPS) is 18.3. The molecule has 0 bridgehead atoms. The summed E-state index contributed by atoms with van der Waals surface area (Å²) in [6.45, 7) is 0. The zero-order valence-electron chi connectivity index (χ0n) is 11.2. The summed E-state index contributed by atoms with van der Waals surface area (Å²) in [6, 6.07) is 11.0. The first-order valence-electron chi connectivity index (χ1n) is 7.20. The van der Waals surface area contributed by atoms with E-state index in [1.807, 2.05) is 0 Å². The summed E-state index contributed by atoms with van der Waals surface area (Å²) in [5.74, 6) is 0.765. The summed E-state index contributed by atoms with van der Waals surface area (Å²) in [5, 5.41) is 3.70. The highest BCUT2D eigenvalue weighted by Crippen LogP contribution is 2.42. The Morgan fingerprint density at radius 3 is 2.53 bits per heavy atom. The molecule has 1 heterocycles. The lowest BCUT2D eigenvalue weighted by Crippen LogP contribution is -2.29. The summed E-state index contributed by atoms with van der Waals surface area (Å²) in [5.41, 5.74) is 1.79. The monoisotopic (exact) mass is 256 g/mol. The van der Waals surface area contributed by atoms with Gasteiger partial charge >= 0.3 is 0 Å². The van der Waals surface area contributed by atoms with Crippen molar-refractivity contribution in [3.63, 3.8) is 0 Å². The molecule has 1 aromatic carbocycles. The molecule has 1 aliphatic carbocycles. The lowest BCUT2D eigenvalue weighted by molar-refractivity contribution is 0.261. The van der Waals surface area contributed by atoms with E-state index in [4.69, 9.17) is 4.52 Å². The van der Waals surface area contributed by atoms with Crippen molar-refractivity contribution < 1.29 is 4.52 Å². The zero-order chi connectivity index (χ0) is 13.0. The van der Waals surface area contributed by atoms with Gasteiger partial charge in [0.15, 0.2) is 6.33 Å². The van der Waals surface area contributed by atoms with Crippen molar-refractivity contribution >= 4 is 0 Å². The number of nitrogens with zero attached hydrogens (tertiary/aromatic N) is 2. The van der Waals surface area contributed by atoms with Gasteiger partial charge < -0.3 is 4.52 Å². The van der Waals surface area contributed by atoms with Gasteiger partial charge in [0.1, 0.15) is 0 Å². The number of benzene rings is 1. The van der Waals surface area contributed by atoms with Gasteiger partial charge in [0.25, 0.3) is 0 Å². The van der Waals surface area contributed by atoms with Crippen LogP contribution in [-0.2, 0) is 11.8 Å². The van der Waals surface area contributed by atoms with Crippen LogP contribution in [0.15, 0.2) is 41.2 Å². The lowest BCUT2D eigenvalue weighted by atomic mass is 9.67. The van der Waals surface area contributed by atoms with Crippen LogP contribution < -0.4 is 0 Å². The quantitative estimate of drug-likeness (QED) is 0.832. The second kappa shape index (κ2) is 5.55. The third-order valence-corrected chi connectivity index (χ3v) is 4.42. The van der Waals surface area contributed by atoms with Crippen molar-refractivity contribution in [2.24, 2.45) is 0 Å². The van der Waals surface area contributed by atoms with E-state index < -0.39 is 0 Å². The molecule has 0 unspecified atom stereocenters. The molecule has 3 heteroatoms. The average molecular weight is 256 g/mol. The van der Waals surface area contributed by atoms with Crippen LogP contribution in [0.25, 0.3) is 0 Å². The number of hydrogen-bond acceptors (Lipinski definition) is 3. The van der Waals surface area contributed by atoms with Gasteiger partial charge in [-0.1, -0.05) is 54.8 Å². The molecule has 0 saturated heterocycles. The Morgan fingerprint density at radius 2 is 1.84 bits per heavy atom. The highest BCUT2D eigenvalue weighted by Gasteiger charge is 2.33. The number of aromatic nitrogens is 2. The van der Waals surface area contributed by atoms with E-state index in [-0.39, 0.29) is 0 Å². The molecule has 19 heavy (non-hydrogen) atoms. The van der Waals surface area contributed by atoms with Gasteiger partial charge in [0, 0.05) is 6.42 Å². The van der Waals surface area contributed by atoms with Gasteiger partial charge in [-0.3, -0.25) is 0 Å². The molecule has 2 aromatic rings. The Bertz CT molecular complexity index is 487. The fourth-order valence-corrected chi connectivity index (χ4v) is 3.36. The van der Waals surface area contributed by atoms with Crippen LogP contribution in [0.5, 0.6) is 0 Å². The lowest BCUT2D eigenvalue weighted by Gasteiger charge is -2.38. The Morgan fingerprint density at radius 1 is 1.05 bits per heavy atom. The van der Waals surface area contributed by atoms with Gasteiger partial charge in [-0.05, 0) is 30.2 Å². The predicted molar refractivity (Wildman–Crippen MR) is 73.8 cm³/mol. The molecular formula is C16H20N2O. The first kappa shape index (κ1) is 12.4. The molecule has 0 spiro atoms. The van der Waals surface area contributed by atoms with Crippen molar-refractivity contribution in [2.45, 2.75) is 50.4 Å². The maximum atomic E-state index is 5.14. The molecule has 0 N–H and O–H groups in total. The Balaban J connectivity index is 1.80. The van der Waals surface area contributed by atoms with Gasteiger partial charge in [-0.15, -0.1) is 0 Å². The number of aryl methyl sites for hydroxylation is 1. The highest BCUT2D eigenvalue weighted by molar-refractivity contribution is 5.26. The molecule has 3 rings (SSSR count). The highest BCUT2D eigenvalue weighted by atomic mass is 16.5. The smallest absolute Gasteiger partial charge is 0.226 e. The van der Waals surface area contributed by atoms with Crippen LogP contribution in [0.2, 0.25) is 0 Å². The summed E-state index contributed by atoms with van der Waals surface area (Å²) in [4.78, 5) is 4.15. The first-order valence-corrected chi connectivity index (χ1v) is 7.20. The molecule has 0 atom stereocenters. The van der Waals surface area contributed by atoms with Crippen LogP contribution in [0, 0.1) is 0 Å². The van der Waals surface area contributed by atoms with Crippen molar-refractivity contribution in [3.05, 3.63) is 48.1 Å². The maximum Gasteiger partial charge on any atom is 0.226 e.